The summed E-state index contributed by atoms with van der Waals surface area (Å²) < 4.78 is 17.9. The second-order valence-electron chi connectivity index (χ2n) is 5.22. The first-order valence-electron chi connectivity index (χ1n) is 7.40. The molecule has 2 rings (SSSR count). The van der Waals surface area contributed by atoms with Crippen molar-refractivity contribution >= 4 is 29.3 Å². The summed E-state index contributed by atoms with van der Waals surface area (Å²) >= 11 is 1.52. The summed E-state index contributed by atoms with van der Waals surface area (Å²) in [4.78, 5) is 24.6. The van der Waals surface area contributed by atoms with Gasteiger partial charge < -0.3 is 10.1 Å². The number of carbonyl (C=O) groups is 2. The number of carbonyl (C=O) groups excluding carboxylic acids is 2. The maximum Gasteiger partial charge on any atom is 0.331 e. The van der Waals surface area contributed by atoms with Gasteiger partial charge in [0.25, 0.3) is 5.91 Å². The lowest BCUT2D eigenvalue weighted by Crippen LogP contribution is -2.35. The summed E-state index contributed by atoms with van der Waals surface area (Å²) in [7, 11) is 0. The van der Waals surface area contributed by atoms with E-state index >= 15 is 0 Å². The Morgan fingerprint density at radius 2 is 2.00 bits per heavy atom. The average molecular weight is 347 g/mol. The third-order valence-electron chi connectivity index (χ3n) is 3.31. The predicted octanol–water partition coefficient (Wildman–Crippen LogP) is 3.46. The molecule has 1 aromatic heterocycles. The van der Waals surface area contributed by atoms with Crippen molar-refractivity contribution in [2.75, 3.05) is 0 Å². The molecule has 0 aliphatic heterocycles. The number of esters is 1. The van der Waals surface area contributed by atoms with E-state index in [-0.39, 0.29) is 12.4 Å². The van der Waals surface area contributed by atoms with Crippen molar-refractivity contribution in [2.24, 2.45) is 0 Å². The predicted molar refractivity (Wildman–Crippen MR) is 91.9 cm³/mol. The van der Waals surface area contributed by atoms with Crippen molar-refractivity contribution < 1.29 is 18.7 Å². The molecule has 1 amide bonds. The highest BCUT2D eigenvalue weighted by molar-refractivity contribution is 7.11. The molecular weight excluding hydrogens is 329 g/mol. The first-order valence-corrected chi connectivity index (χ1v) is 8.28. The Bertz CT molecular complexity index is 737. The second kappa shape index (κ2) is 8.40. The molecule has 1 atom stereocenters. The van der Waals surface area contributed by atoms with Crippen LogP contribution in [0.25, 0.3) is 6.08 Å². The summed E-state index contributed by atoms with van der Waals surface area (Å²) in [5.74, 6) is -1.32. The number of hydrogen-bond acceptors (Lipinski definition) is 4. The number of aryl methyl sites for hydroxylation is 1. The number of benzene rings is 1. The van der Waals surface area contributed by atoms with Crippen LogP contribution in [0.1, 0.15) is 22.9 Å². The summed E-state index contributed by atoms with van der Waals surface area (Å²) in [5.41, 5.74) is 1.84. The summed E-state index contributed by atoms with van der Waals surface area (Å²) in [5, 5.41) is 4.58. The van der Waals surface area contributed by atoms with Gasteiger partial charge >= 0.3 is 5.97 Å². The SMILES string of the molecule is Cc1ccsc1/C=C/C(=O)O[C@@H](C)C(=O)NCc1ccc(F)cc1. The van der Waals surface area contributed by atoms with Gasteiger partial charge in [-0.15, -0.1) is 11.3 Å². The van der Waals surface area contributed by atoms with Crippen molar-refractivity contribution in [3.63, 3.8) is 0 Å². The fraction of sp³-hybridized carbons (Fsp3) is 0.222. The van der Waals surface area contributed by atoms with Crippen LogP contribution in [0.2, 0.25) is 0 Å². The molecule has 1 aromatic carbocycles. The maximum atomic E-state index is 12.8. The van der Waals surface area contributed by atoms with E-state index < -0.39 is 18.0 Å². The molecule has 0 saturated heterocycles. The van der Waals surface area contributed by atoms with E-state index in [0.717, 1.165) is 16.0 Å². The van der Waals surface area contributed by atoms with Crippen LogP contribution in [-0.4, -0.2) is 18.0 Å². The maximum absolute atomic E-state index is 12.8. The van der Waals surface area contributed by atoms with Gasteiger partial charge in [0.05, 0.1) is 0 Å². The number of halogens is 1. The molecule has 0 radical (unpaired) electrons. The van der Waals surface area contributed by atoms with Crippen LogP contribution < -0.4 is 5.32 Å². The van der Waals surface area contributed by atoms with Gasteiger partial charge in [0, 0.05) is 17.5 Å². The zero-order valence-electron chi connectivity index (χ0n) is 13.4. The Balaban J connectivity index is 1.80. The molecule has 4 nitrogen and oxygen atoms in total. The molecule has 2 aromatic rings. The van der Waals surface area contributed by atoms with Crippen LogP contribution in [0.3, 0.4) is 0 Å². The summed E-state index contributed by atoms with van der Waals surface area (Å²) in [6, 6.07) is 7.77. The number of amides is 1. The van der Waals surface area contributed by atoms with Crippen LogP contribution in [0, 0.1) is 12.7 Å². The van der Waals surface area contributed by atoms with Gasteiger partial charge in [0.2, 0.25) is 0 Å². The average Bonchev–Trinajstić information content (AvgIpc) is 2.97. The fourth-order valence-electron chi connectivity index (χ4n) is 1.90. The largest absolute Gasteiger partial charge is 0.449 e. The topological polar surface area (TPSA) is 55.4 Å². The molecule has 0 bridgehead atoms. The van der Waals surface area contributed by atoms with E-state index in [1.165, 1.54) is 36.5 Å². The van der Waals surface area contributed by atoms with Crippen LogP contribution in [0.5, 0.6) is 0 Å². The van der Waals surface area contributed by atoms with Crippen LogP contribution in [0.15, 0.2) is 41.8 Å². The van der Waals surface area contributed by atoms with Crippen molar-refractivity contribution in [1.29, 1.82) is 0 Å². The van der Waals surface area contributed by atoms with Crippen LogP contribution in [0.4, 0.5) is 4.39 Å². The Kier molecular flexibility index (Phi) is 6.26. The van der Waals surface area contributed by atoms with E-state index in [9.17, 15) is 14.0 Å². The molecule has 0 aliphatic rings. The van der Waals surface area contributed by atoms with E-state index in [2.05, 4.69) is 5.32 Å². The third-order valence-corrected chi connectivity index (χ3v) is 4.30. The minimum atomic E-state index is -0.910. The van der Waals surface area contributed by atoms with E-state index in [4.69, 9.17) is 4.74 Å². The first kappa shape index (κ1) is 17.9. The minimum absolute atomic E-state index is 0.241. The molecule has 6 heteroatoms. The number of thiophene rings is 1. The van der Waals surface area contributed by atoms with E-state index in [1.807, 2.05) is 18.4 Å². The van der Waals surface area contributed by atoms with Crippen molar-refractivity contribution in [3.05, 3.63) is 63.6 Å². The van der Waals surface area contributed by atoms with Gasteiger partial charge in [-0.25, -0.2) is 9.18 Å². The Hall–Kier alpha value is -2.47. The normalized spacial score (nSPS) is 12.1. The number of nitrogens with one attached hydrogen (secondary N) is 1. The van der Waals surface area contributed by atoms with Crippen molar-refractivity contribution in [2.45, 2.75) is 26.5 Å². The van der Waals surface area contributed by atoms with Gasteiger partial charge in [0.1, 0.15) is 5.82 Å². The molecule has 0 spiro atoms. The molecular formula is C18H18FNO3S. The highest BCUT2D eigenvalue weighted by Gasteiger charge is 2.16. The third kappa shape index (κ3) is 5.31. The number of ether oxygens (including phenoxy) is 1. The zero-order valence-corrected chi connectivity index (χ0v) is 14.2. The Morgan fingerprint density at radius 1 is 1.29 bits per heavy atom. The summed E-state index contributed by atoms with van der Waals surface area (Å²) in [6.45, 7) is 3.69. The molecule has 0 fully saturated rings. The lowest BCUT2D eigenvalue weighted by atomic mass is 10.2. The molecule has 1 heterocycles. The molecule has 24 heavy (non-hydrogen) atoms. The Morgan fingerprint density at radius 3 is 2.62 bits per heavy atom. The number of rotatable bonds is 6. The minimum Gasteiger partial charge on any atom is -0.449 e. The monoisotopic (exact) mass is 347 g/mol. The highest BCUT2D eigenvalue weighted by Crippen LogP contribution is 2.17. The Labute approximate surface area is 144 Å². The molecule has 126 valence electrons. The lowest BCUT2D eigenvalue weighted by Gasteiger charge is -2.12. The quantitative estimate of drug-likeness (QED) is 0.643. The van der Waals surface area contributed by atoms with Gasteiger partial charge in [-0.05, 0) is 54.6 Å². The molecule has 0 saturated carbocycles. The number of hydrogen-bond donors (Lipinski definition) is 1. The molecule has 0 unspecified atom stereocenters. The van der Waals surface area contributed by atoms with Crippen molar-refractivity contribution in [3.8, 4) is 0 Å². The smallest absolute Gasteiger partial charge is 0.331 e. The van der Waals surface area contributed by atoms with Crippen LogP contribution >= 0.6 is 11.3 Å². The molecule has 0 aliphatic carbocycles. The standard InChI is InChI=1S/C18H18FNO3S/c1-12-9-10-24-16(12)7-8-17(21)23-13(2)18(22)20-11-14-3-5-15(19)6-4-14/h3-10,13H,11H2,1-2H3,(H,20,22)/b8-7+/t13-/m0/s1. The van der Waals surface area contributed by atoms with Gasteiger partial charge in [-0.1, -0.05) is 12.1 Å². The second-order valence-corrected chi connectivity index (χ2v) is 6.17. The van der Waals surface area contributed by atoms with Gasteiger partial charge in [-0.3, -0.25) is 4.79 Å². The summed E-state index contributed by atoms with van der Waals surface area (Å²) in [6.07, 6.45) is 2.07. The lowest BCUT2D eigenvalue weighted by molar-refractivity contribution is -0.150. The van der Waals surface area contributed by atoms with E-state index in [0.29, 0.717) is 0 Å². The van der Waals surface area contributed by atoms with Gasteiger partial charge in [-0.2, -0.15) is 0 Å². The first-order chi connectivity index (χ1) is 11.5. The van der Waals surface area contributed by atoms with Crippen molar-refractivity contribution in [1.82, 2.24) is 5.32 Å². The van der Waals surface area contributed by atoms with Crippen LogP contribution in [-0.2, 0) is 20.9 Å². The van der Waals surface area contributed by atoms with E-state index in [1.54, 1.807) is 18.2 Å². The molecule has 1 N–H and O–H groups in total. The van der Waals surface area contributed by atoms with Gasteiger partial charge in [0.15, 0.2) is 6.10 Å². The fourth-order valence-corrected chi connectivity index (χ4v) is 2.72. The zero-order chi connectivity index (χ0) is 17.5. The highest BCUT2D eigenvalue weighted by atomic mass is 32.1.